The molecule has 0 aliphatic rings. The maximum atomic E-state index is 10.5. The molecule has 1 unspecified atom stereocenters. The lowest BCUT2D eigenvalue weighted by molar-refractivity contribution is 0.245. The molecule has 0 fully saturated rings. The molecular formula is C4H9BrO3P+. The van der Waals surface area contributed by atoms with Gasteiger partial charge in [0.15, 0.2) is 0 Å². The summed E-state index contributed by atoms with van der Waals surface area (Å²) in [6.07, 6.45) is 0. The van der Waals surface area contributed by atoms with Gasteiger partial charge in [-0.15, -0.1) is 9.05 Å². The fourth-order valence-electron chi connectivity index (χ4n) is 0.252. The van der Waals surface area contributed by atoms with Gasteiger partial charge in [-0.2, -0.15) is 0 Å². The van der Waals surface area contributed by atoms with Gasteiger partial charge in [-0.1, -0.05) is 15.9 Å². The number of halogens is 1. The summed E-state index contributed by atoms with van der Waals surface area (Å²) in [5, 5.41) is 0.682. The van der Waals surface area contributed by atoms with E-state index in [1.165, 1.54) is 0 Å². The first-order valence-corrected chi connectivity index (χ1v) is 4.82. The Balaban J connectivity index is 3.06. The van der Waals surface area contributed by atoms with Crippen LogP contribution in [0.3, 0.4) is 0 Å². The van der Waals surface area contributed by atoms with Gasteiger partial charge in [0.1, 0.15) is 13.2 Å². The van der Waals surface area contributed by atoms with E-state index in [-0.39, 0.29) is 0 Å². The lowest BCUT2D eigenvalue weighted by Gasteiger charge is -1.82. The van der Waals surface area contributed by atoms with E-state index in [0.717, 1.165) is 0 Å². The Labute approximate surface area is 63.8 Å². The smallest absolute Gasteiger partial charge is 0.119 e. The largest absolute Gasteiger partial charge is 0.697 e. The second kappa shape index (κ2) is 6.62. The molecule has 0 spiro atoms. The topological polar surface area (TPSA) is 35.5 Å². The summed E-state index contributed by atoms with van der Waals surface area (Å²) in [5.41, 5.74) is 0. The van der Waals surface area contributed by atoms with Crippen molar-refractivity contribution in [2.24, 2.45) is 0 Å². The normalized spacial score (nSPS) is 11.6. The van der Waals surface area contributed by atoms with Crippen molar-refractivity contribution < 1.29 is 13.6 Å². The van der Waals surface area contributed by atoms with Crippen LogP contribution in [0.15, 0.2) is 0 Å². The summed E-state index contributed by atoms with van der Waals surface area (Å²) < 4.78 is 19.8. The molecule has 1 atom stereocenters. The average molecular weight is 216 g/mol. The van der Waals surface area contributed by atoms with Crippen molar-refractivity contribution in [1.82, 2.24) is 0 Å². The summed E-state index contributed by atoms with van der Waals surface area (Å²) in [6, 6.07) is 0. The van der Waals surface area contributed by atoms with Gasteiger partial charge in [-0.3, -0.25) is 0 Å². The lowest BCUT2D eigenvalue weighted by Crippen LogP contribution is -1.88. The van der Waals surface area contributed by atoms with Gasteiger partial charge >= 0.3 is 8.25 Å². The highest BCUT2D eigenvalue weighted by molar-refractivity contribution is 9.09. The predicted molar refractivity (Wildman–Crippen MR) is 39.0 cm³/mol. The average Bonchev–Trinajstić information content (AvgIpc) is 1.85. The second-order valence-corrected chi connectivity index (χ2v) is 2.92. The summed E-state index contributed by atoms with van der Waals surface area (Å²) in [7, 11) is -1.87. The summed E-state index contributed by atoms with van der Waals surface area (Å²) >= 11 is 3.12. The molecular weight excluding hydrogens is 207 g/mol. The molecule has 0 saturated carbocycles. The van der Waals surface area contributed by atoms with Crippen LogP contribution in [-0.2, 0) is 13.6 Å². The van der Waals surface area contributed by atoms with Crippen LogP contribution in [-0.4, -0.2) is 18.5 Å². The first kappa shape index (κ1) is 9.50. The molecule has 0 aromatic rings. The van der Waals surface area contributed by atoms with Crippen LogP contribution in [0.1, 0.15) is 6.92 Å². The van der Waals surface area contributed by atoms with Gasteiger partial charge < -0.3 is 0 Å². The highest BCUT2D eigenvalue weighted by Gasteiger charge is 2.16. The van der Waals surface area contributed by atoms with Crippen molar-refractivity contribution >= 4 is 24.2 Å². The van der Waals surface area contributed by atoms with Gasteiger partial charge in [0.05, 0.1) is 0 Å². The van der Waals surface area contributed by atoms with Crippen molar-refractivity contribution in [3.63, 3.8) is 0 Å². The molecule has 0 rings (SSSR count). The lowest BCUT2D eigenvalue weighted by atomic mass is 10.9. The third-order valence-corrected chi connectivity index (χ3v) is 1.69. The van der Waals surface area contributed by atoms with Gasteiger partial charge in [-0.05, 0) is 6.92 Å². The van der Waals surface area contributed by atoms with E-state index in [0.29, 0.717) is 18.5 Å². The predicted octanol–water partition coefficient (Wildman–Crippen LogP) is 2.09. The van der Waals surface area contributed by atoms with E-state index in [2.05, 4.69) is 25.0 Å². The fraction of sp³-hybridized carbons (Fsp3) is 1.00. The molecule has 0 amide bonds. The van der Waals surface area contributed by atoms with E-state index in [9.17, 15) is 4.57 Å². The van der Waals surface area contributed by atoms with Crippen LogP contribution in [0.2, 0.25) is 0 Å². The van der Waals surface area contributed by atoms with Crippen LogP contribution in [0.4, 0.5) is 0 Å². The van der Waals surface area contributed by atoms with Crippen LogP contribution in [0.5, 0.6) is 0 Å². The van der Waals surface area contributed by atoms with E-state index in [1.807, 2.05) is 0 Å². The molecule has 0 aliphatic heterocycles. The van der Waals surface area contributed by atoms with Crippen molar-refractivity contribution in [2.45, 2.75) is 6.92 Å². The Morgan fingerprint density at radius 3 is 2.67 bits per heavy atom. The van der Waals surface area contributed by atoms with Gasteiger partial charge in [0.2, 0.25) is 0 Å². The second-order valence-electron chi connectivity index (χ2n) is 1.16. The first-order valence-electron chi connectivity index (χ1n) is 2.60. The quantitative estimate of drug-likeness (QED) is 0.521. The van der Waals surface area contributed by atoms with Crippen LogP contribution in [0, 0.1) is 0 Å². The number of hydrogen-bond acceptors (Lipinski definition) is 3. The van der Waals surface area contributed by atoms with Crippen molar-refractivity contribution in [3.05, 3.63) is 0 Å². The van der Waals surface area contributed by atoms with Crippen LogP contribution in [0.25, 0.3) is 0 Å². The van der Waals surface area contributed by atoms with Crippen LogP contribution < -0.4 is 0 Å². The molecule has 0 N–H and O–H groups in total. The van der Waals surface area contributed by atoms with E-state index >= 15 is 0 Å². The molecule has 9 heavy (non-hydrogen) atoms. The third-order valence-electron chi connectivity index (χ3n) is 0.508. The summed E-state index contributed by atoms with van der Waals surface area (Å²) in [5.74, 6) is 0. The van der Waals surface area contributed by atoms with Crippen molar-refractivity contribution in [3.8, 4) is 0 Å². The molecule has 0 aromatic carbocycles. The molecule has 0 aliphatic carbocycles. The molecule has 3 nitrogen and oxygen atoms in total. The van der Waals surface area contributed by atoms with E-state index < -0.39 is 8.25 Å². The minimum Gasteiger partial charge on any atom is -0.119 e. The first-order chi connectivity index (χ1) is 4.31. The third kappa shape index (κ3) is 6.38. The SMILES string of the molecule is CCO[P+](=O)OCCBr. The molecule has 0 radical (unpaired) electrons. The van der Waals surface area contributed by atoms with Crippen molar-refractivity contribution in [2.75, 3.05) is 18.5 Å². The van der Waals surface area contributed by atoms with Gasteiger partial charge in [0.25, 0.3) is 0 Å². The zero-order chi connectivity index (χ0) is 7.11. The Bertz CT molecular complexity index is 87.9. The molecule has 0 saturated heterocycles. The van der Waals surface area contributed by atoms with Crippen LogP contribution >= 0.6 is 24.2 Å². The Hall–Kier alpha value is 0.500. The van der Waals surface area contributed by atoms with E-state index in [1.54, 1.807) is 6.92 Å². The molecule has 0 aromatic heterocycles. The Kier molecular flexibility index (Phi) is 6.99. The zero-order valence-corrected chi connectivity index (χ0v) is 7.65. The summed E-state index contributed by atoms with van der Waals surface area (Å²) in [4.78, 5) is 0. The number of rotatable bonds is 5. The molecule has 5 heteroatoms. The minimum absolute atomic E-state index is 0.426. The maximum Gasteiger partial charge on any atom is 0.697 e. The number of hydrogen-bond donors (Lipinski definition) is 0. The monoisotopic (exact) mass is 215 g/mol. The highest BCUT2D eigenvalue weighted by atomic mass is 79.9. The summed E-state index contributed by atoms with van der Waals surface area (Å²) in [6.45, 7) is 2.62. The number of alkyl halides is 1. The van der Waals surface area contributed by atoms with E-state index in [4.69, 9.17) is 0 Å². The van der Waals surface area contributed by atoms with Crippen molar-refractivity contribution in [1.29, 1.82) is 0 Å². The standard InChI is InChI=1S/C4H9BrO3P/c1-2-7-9(6)8-4-3-5/h2-4H2,1H3/q+1. The highest BCUT2D eigenvalue weighted by Crippen LogP contribution is 2.22. The molecule has 0 heterocycles. The molecule has 0 bridgehead atoms. The minimum atomic E-state index is -1.87. The Morgan fingerprint density at radius 2 is 2.22 bits per heavy atom. The zero-order valence-electron chi connectivity index (χ0n) is 5.17. The molecule has 54 valence electrons. The van der Waals surface area contributed by atoms with Gasteiger partial charge in [0, 0.05) is 9.90 Å². The Morgan fingerprint density at radius 1 is 1.56 bits per heavy atom. The maximum absolute atomic E-state index is 10.5. The fourth-order valence-corrected chi connectivity index (χ4v) is 1.19. The van der Waals surface area contributed by atoms with Gasteiger partial charge in [-0.25, -0.2) is 0 Å².